The van der Waals surface area contributed by atoms with E-state index in [9.17, 15) is 0 Å². The molecular weight excluding hydrogens is 250 g/mol. The third-order valence-electron chi connectivity index (χ3n) is 2.72. The number of nitrogens with zero attached hydrogens (tertiary/aromatic N) is 2. The second kappa shape index (κ2) is 5.89. The third kappa shape index (κ3) is 2.83. The fourth-order valence-corrected chi connectivity index (χ4v) is 2.05. The minimum absolute atomic E-state index is 0.442. The van der Waals surface area contributed by atoms with E-state index >= 15 is 0 Å². The first-order chi connectivity index (χ1) is 8.74. The van der Waals surface area contributed by atoms with Gasteiger partial charge >= 0.3 is 0 Å². The highest BCUT2D eigenvalue weighted by atomic mass is 35.5. The molecule has 2 aromatic rings. The predicted molar refractivity (Wildman–Crippen MR) is 72.6 cm³/mol. The molecule has 0 aliphatic carbocycles. The lowest BCUT2D eigenvalue weighted by molar-refractivity contribution is 0.503. The summed E-state index contributed by atoms with van der Waals surface area (Å²) in [6.45, 7) is 3.95. The molecule has 18 heavy (non-hydrogen) atoms. The first-order valence-corrected chi connectivity index (χ1v) is 6.24. The summed E-state index contributed by atoms with van der Waals surface area (Å²) < 4.78 is 5.34. The van der Waals surface area contributed by atoms with Crippen molar-refractivity contribution >= 4 is 17.4 Å². The molecule has 5 heteroatoms. The summed E-state index contributed by atoms with van der Waals surface area (Å²) in [6, 6.07) is 5.66. The molecule has 0 radical (unpaired) electrons. The number of aromatic nitrogens is 1. The van der Waals surface area contributed by atoms with Crippen LogP contribution in [0.25, 0.3) is 0 Å². The van der Waals surface area contributed by atoms with Gasteiger partial charge in [0.05, 0.1) is 17.8 Å². The fraction of sp³-hybridized carbons (Fsp3) is 0.308. The largest absolute Gasteiger partial charge is 0.467 e. The lowest BCUT2D eigenvalue weighted by Crippen LogP contribution is -2.23. The first kappa shape index (κ1) is 12.9. The molecular formula is C13H16ClN3O. The van der Waals surface area contributed by atoms with Crippen LogP contribution in [-0.4, -0.2) is 11.5 Å². The van der Waals surface area contributed by atoms with E-state index in [1.165, 1.54) is 0 Å². The van der Waals surface area contributed by atoms with Gasteiger partial charge in [-0.05, 0) is 30.7 Å². The zero-order chi connectivity index (χ0) is 13.0. The Labute approximate surface area is 111 Å². The summed E-state index contributed by atoms with van der Waals surface area (Å²) in [5.74, 6) is 1.64. The second-order valence-corrected chi connectivity index (χ2v) is 4.35. The molecule has 2 aromatic heterocycles. The Bertz CT molecular complexity index is 499. The van der Waals surface area contributed by atoms with Crippen LogP contribution in [0.5, 0.6) is 0 Å². The Morgan fingerprint density at radius 1 is 1.50 bits per heavy atom. The van der Waals surface area contributed by atoms with Crippen LogP contribution in [0.3, 0.4) is 0 Å². The van der Waals surface area contributed by atoms with Gasteiger partial charge in [-0.15, -0.1) is 0 Å². The zero-order valence-corrected chi connectivity index (χ0v) is 11.0. The molecule has 0 aliphatic rings. The number of pyridine rings is 1. The van der Waals surface area contributed by atoms with Gasteiger partial charge in [0.25, 0.3) is 0 Å². The van der Waals surface area contributed by atoms with Crippen molar-refractivity contribution in [2.75, 3.05) is 11.4 Å². The Hall–Kier alpha value is -1.52. The van der Waals surface area contributed by atoms with Gasteiger partial charge < -0.3 is 15.1 Å². The van der Waals surface area contributed by atoms with E-state index in [0.717, 1.165) is 23.7 Å². The Balaban J connectivity index is 2.22. The Morgan fingerprint density at radius 3 is 2.89 bits per heavy atom. The van der Waals surface area contributed by atoms with Gasteiger partial charge in [-0.2, -0.15) is 0 Å². The van der Waals surface area contributed by atoms with E-state index < -0.39 is 0 Å². The number of furan rings is 1. The van der Waals surface area contributed by atoms with Crippen molar-refractivity contribution in [1.29, 1.82) is 0 Å². The molecule has 0 bridgehead atoms. The molecule has 0 spiro atoms. The molecule has 0 aliphatic heterocycles. The maximum absolute atomic E-state index is 6.23. The summed E-state index contributed by atoms with van der Waals surface area (Å²) in [6.07, 6.45) is 3.42. The summed E-state index contributed by atoms with van der Waals surface area (Å²) in [5.41, 5.74) is 6.49. The predicted octanol–water partition coefficient (Wildman–Crippen LogP) is 2.81. The molecule has 0 fully saturated rings. The minimum atomic E-state index is 0.442. The smallest absolute Gasteiger partial charge is 0.147 e. The van der Waals surface area contributed by atoms with Gasteiger partial charge in [0.1, 0.15) is 11.6 Å². The van der Waals surface area contributed by atoms with Crippen LogP contribution in [0.2, 0.25) is 5.02 Å². The summed E-state index contributed by atoms with van der Waals surface area (Å²) >= 11 is 6.23. The summed E-state index contributed by atoms with van der Waals surface area (Å²) in [7, 11) is 0. The lowest BCUT2D eigenvalue weighted by Gasteiger charge is -2.22. The topological polar surface area (TPSA) is 55.3 Å². The Kier molecular flexibility index (Phi) is 4.23. The second-order valence-electron chi connectivity index (χ2n) is 3.95. The molecule has 0 unspecified atom stereocenters. The van der Waals surface area contributed by atoms with Crippen LogP contribution in [0.4, 0.5) is 5.82 Å². The highest BCUT2D eigenvalue weighted by Gasteiger charge is 2.12. The van der Waals surface area contributed by atoms with Crippen LogP contribution in [0, 0.1) is 0 Å². The van der Waals surface area contributed by atoms with Gasteiger partial charge in [0.2, 0.25) is 0 Å². The number of hydrogen-bond acceptors (Lipinski definition) is 4. The van der Waals surface area contributed by atoms with Crippen molar-refractivity contribution in [3.63, 3.8) is 0 Å². The van der Waals surface area contributed by atoms with Crippen molar-refractivity contribution in [2.24, 2.45) is 5.73 Å². The maximum Gasteiger partial charge on any atom is 0.147 e. The number of nitrogens with two attached hydrogens (primary N) is 1. The van der Waals surface area contributed by atoms with E-state index in [2.05, 4.69) is 16.8 Å². The maximum atomic E-state index is 6.23. The van der Waals surface area contributed by atoms with Gasteiger partial charge in [-0.3, -0.25) is 0 Å². The Morgan fingerprint density at radius 2 is 2.33 bits per heavy atom. The van der Waals surface area contributed by atoms with Crippen LogP contribution in [0.15, 0.2) is 35.1 Å². The number of rotatable bonds is 5. The summed E-state index contributed by atoms with van der Waals surface area (Å²) in [5, 5.41) is 0.617. The van der Waals surface area contributed by atoms with Crippen molar-refractivity contribution < 1.29 is 4.42 Å². The third-order valence-corrected chi connectivity index (χ3v) is 3.00. The van der Waals surface area contributed by atoms with Crippen molar-refractivity contribution in [3.8, 4) is 0 Å². The van der Waals surface area contributed by atoms with Gasteiger partial charge in [0.15, 0.2) is 0 Å². The standard InChI is InChI=1S/C13H16ClN3O/c1-2-17(9-11-4-3-5-18-11)13-12(14)6-10(7-15)8-16-13/h3-6,8H,2,7,9,15H2,1H3. The lowest BCUT2D eigenvalue weighted by atomic mass is 10.2. The molecule has 0 saturated carbocycles. The molecule has 2 heterocycles. The number of anilines is 1. The highest BCUT2D eigenvalue weighted by molar-refractivity contribution is 6.33. The fourth-order valence-electron chi connectivity index (χ4n) is 1.74. The van der Waals surface area contributed by atoms with Crippen molar-refractivity contribution in [3.05, 3.63) is 47.0 Å². The molecule has 0 atom stereocenters. The van der Waals surface area contributed by atoms with Crippen LogP contribution >= 0.6 is 11.6 Å². The van der Waals surface area contributed by atoms with E-state index in [0.29, 0.717) is 18.1 Å². The molecule has 0 aromatic carbocycles. The average molecular weight is 266 g/mol. The first-order valence-electron chi connectivity index (χ1n) is 5.86. The quantitative estimate of drug-likeness (QED) is 0.903. The van der Waals surface area contributed by atoms with Crippen LogP contribution in [0.1, 0.15) is 18.2 Å². The summed E-state index contributed by atoms with van der Waals surface area (Å²) in [4.78, 5) is 6.43. The molecule has 0 saturated heterocycles. The van der Waals surface area contributed by atoms with Gasteiger partial charge in [0, 0.05) is 19.3 Å². The van der Waals surface area contributed by atoms with Crippen LogP contribution < -0.4 is 10.6 Å². The van der Waals surface area contributed by atoms with Crippen molar-refractivity contribution in [1.82, 2.24) is 4.98 Å². The molecule has 0 amide bonds. The van der Waals surface area contributed by atoms with E-state index in [4.69, 9.17) is 21.8 Å². The van der Waals surface area contributed by atoms with Gasteiger partial charge in [-0.1, -0.05) is 11.6 Å². The molecule has 4 nitrogen and oxygen atoms in total. The van der Waals surface area contributed by atoms with E-state index in [1.54, 1.807) is 12.5 Å². The van der Waals surface area contributed by atoms with Crippen molar-refractivity contribution in [2.45, 2.75) is 20.0 Å². The SMILES string of the molecule is CCN(Cc1ccco1)c1ncc(CN)cc1Cl. The zero-order valence-electron chi connectivity index (χ0n) is 10.3. The average Bonchev–Trinajstić information content (AvgIpc) is 2.89. The van der Waals surface area contributed by atoms with Gasteiger partial charge in [-0.25, -0.2) is 4.98 Å². The molecule has 2 N–H and O–H groups in total. The normalized spacial score (nSPS) is 10.6. The number of halogens is 1. The molecule has 96 valence electrons. The van der Waals surface area contributed by atoms with Crippen LogP contribution in [-0.2, 0) is 13.1 Å². The monoisotopic (exact) mass is 265 g/mol. The molecule has 2 rings (SSSR count). The highest BCUT2D eigenvalue weighted by Crippen LogP contribution is 2.25. The van der Waals surface area contributed by atoms with E-state index in [1.807, 2.05) is 18.2 Å². The minimum Gasteiger partial charge on any atom is -0.467 e. The number of hydrogen-bond donors (Lipinski definition) is 1. The van der Waals surface area contributed by atoms with E-state index in [-0.39, 0.29) is 0 Å².